The van der Waals surface area contributed by atoms with Gasteiger partial charge in [0.25, 0.3) is 0 Å². The van der Waals surface area contributed by atoms with E-state index in [-0.39, 0.29) is 24.1 Å². The predicted molar refractivity (Wildman–Crippen MR) is 153 cm³/mol. The Balaban J connectivity index is 1.32. The zero-order valence-electron chi connectivity index (χ0n) is 24.2. The summed E-state index contributed by atoms with van der Waals surface area (Å²) in [7, 11) is 0. The number of amides is 1. The van der Waals surface area contributed by atoms with Gasteiger partial charge in [-0.25, -0.2) is 22.9 Å². The summed E-state index contributed by atoms with van der Waals surface area (Å²) in [6, 6.07) is 6.41. The minimum Gasteiger partial charge on any atom is -0.444 e. The van der Waals surface area contributed by atoms with Gasteiger partial charge >= 0.3 is 6.09 Å². The first kappa shape index (κ1) is 29.6. The molecule has 0 spiro atoms. The third kappa shape index (κ3) is 6.78. The van der Waals surface area contributed by atoms with Crippen molar-refractivity contribution in [1.29, 1.82) is 0 Å². The van der Waals surface area contributed by atoms with Crippen LogP contribution >= 0.6 is 0 Å². The van der Waals surface area contributed by atoms with E-state index in [1.54, 1.807) is 12.4 Å². The first-order chi connectivity index (χ1) is 19.8. The zero-order chi connectivity index (χ0) is 30.2. The maximum absolute atomic E-state index is 15.0. The molecule has 3 heterocycles. The second kappa shape index (κ2) is 11.4. The molecular weight excluding hydrogens is 547 g/mol. The number of halogens is 3. The monoisotopic (exact) mass is 583 g/mol. The summed E-state index contributed by atoms with van der Waals surface area (Å²) in [5, 5.41) is 16.5. The highest BCUT2D eigenvalue weighted by Gasteiger charge is 2.43. The van der Waals surface area contributed by atoms with Gasteiger partial charge in [0, 0.05) is 25.3 Å². The van der Waals surface area contributed by atoms with Crippen LogP contribution in [-0.4, -0.2) is 45.9 Å². The summed E-state index contributed by atoms with van der Waals surface area (Å²) >= 11 is 0. The number of aromatic nitrogens is 2. The number of hydrogen-bond donors (Lipinski definition) is 3. The summed E-state index contributed by atoms with van der Waals surface area (Å²) in [6.45, 7) is 9.02. The van der Waals surface area contributed by atoms with Gasteiger partial charge in [-0.05, 0) is 81.8 Å². The summed E-state index contributed by atoms with van der Waals surface area (Å²) in [4.78, 5) is 23.0. The van der Waals surface area contributed by atoms with Gasteiger partial charge < -0.3 is 25.4 Å². The van der Waals surface area contributed by atoms with Crippen molar-refractivity contribution in [2.45, 2.75) is 70.7 Å². The molecule has 2 atom stereocenters. The minimum atomic E-state index is -1.22. The maximum Gasteiger partial charge on any atom is 0.407 e. The topological polar surface area (TPSA) is 99.6 Å². The van der Waals surface area contributed by atoms with Gasteiger partial charge in [0.15, 0.2) is 0 Å². The molecular formula is C31H36F3N5O3. The van der Waals surface area contributed by atoms with E-state index < -0.39 is 46.0 Å². The molecule has 5 rings (SSSR count). The molecule has 1 aliphatic heterocycles. The fourth-order valence-corrected chi connectivity index (χ4v) is 5.34. The van der Waals surface area contributed by atoms with Crippen molar-refractivity contribution in [2.24, 2.45) is 5.92 Å². The van der Waals surface area contributed by atoms with Crippen molar-refractivity contribution in [3.8, 4) is 11.3 Å². The number of ether oxygens (including phenoxy) is 1. The van der Waals surface area contributed by atoms with Crippen LogP contribution in [0.15, 0.2) is 42.7 Å². The van der Waals surface area contributed by atoms with E-state index in [2.05, 4.69) is 32.4 Å². The Labute approximate surface area is 243 Å². The SMILES string of the molecule is CC1CC(NC(=O)OC(C)(C)C)CN(c2ccncc2NCc2ccc(F)c(-c3c(F)cc(C4(O)CC4)cc3F)n2)C1. The van der Waals surface area contributed by atoms with E-state index in [9.17, 15) is 23.1 Å². The molecule has 11 heteroatoms. The highest BCUT2D eigenvalue weighted by Crippen LogP contribution is 2.46. The molecule has 224 valence electrons. The first-order valence-electron chi connectivity index (χ1n) is 14.1. The number of carbonyl (C=O) groups excluding carboxylic acids is 1. The molecule has 2 fully saturated rings. The molecule has 1 saturated carbocycles. The fourth-order valence-electron chi connectivity index (χ4n) is 5.34. The number of benzene rings is 1. The average molecular weight is 584 g/mol. The maximum atomic E-state index is 15.0. The lowest BCUT2D eigenvalue weighted by molar-refractivity contribution is 0.0495. The van der Waals surface area contributed by atoms with Crippen molar-refractivity contribution in [1.82, 2.24) is 15.3 Å². The number of nitrogens with one attached hydrogen (secondary N) is 2. The highest BCUT2D eigenvalue weighted by molar-refractivity contribution is 5.71. The van der Waals surface area contributed by atoms with Crippen molar-refractivity contribution in [3.63, 3.8) is 0 Å². The van der Waals surface area contributed by atoms with Gasteiger partial charge in [-0.3, -0.25) is 4.98 Å². The third-order valence-corrected chi connectivity index (χ3v) is 7.42. The Morgan fingerprint density at radius 1 is 1.12 bits per heavy atom. The Morgan fingerprint density at radius 3 is 2.50 bits per heavy atom. The molecule has 8 nitrogen and oxygen atoms in total. The molecule has 2 aliphatic rings. The van der Waals surface area contributed by atoms with E-state index >= 15 is 0 Å². The second-order valence-corrected chi connectivity index (χ2v) is 12.3. The van der Waals surface area contributed by atoms with Crippen LogP contribution in [-0.2, 0) is 16.9 Å². The van der Waals surface area contributed by atoms with Gasteiger partial charge in [-0.15, -0.1) is 0 Å². The van der Waals surface area contributed by atoms with Crippen molar-refractivity contribution in [2.75, 3.05) is 23.3 Å². The number of pyridine rings is 2. The number of nitrogens with zero attached hydrogens (tertiary/aromatic N) is 3. The zero-order valence-corrected chi connectivity index (χ0v) is 24.2. The van der Waals surface area contributed by atoms with E-state index in [0.717, 1.165) is 36.9 Å². The molecule has 0 radical (unpaired) electrons. The lowest BCUT2D eigenvalue weighted by Gasteiger charge is -2.39. The van der Waals surface area contributed by atoms with Crippen molar-refractivity contribution >= 4 is 17.5 Å². The molecule has 2 aromatic heterocycles. The Morgan fingerprint density at radius 2 is 1.83 bits per heavy atom. The molecule has 2 unspecified atom stereocenters. The number of alkyl carbamates (subject to hydrolysis) is 1. The summed E-state index contributed by atoms with van der Waals surface area (Å²) in [6.07, 6.45) is 4.53. The minimum absolute atomic E-state index is 0.122. The third-order valence-electron chi connectivity index (χ3n) is 7.42. The normalized spacial score (nSPS) is 19.8. The standard InChI is InChI=1S/C31H36F3N5O3/c1-18-11-21(38-29(40)42-30(2,3)4)17-39(16-18)26-7-10-35-15-25(26)36-14-20-5-6-22(32)28(37-20)27-23(33)12-19(13-24(27)34)31(41)8-9-31/h5-7,10,12-13,15,18,21,36,41H,8-9,11,14,16-17H2,1-4H3,(H,38,40). The molecule has 1 amide bonds. The van der Waals surface area contributed by atoms with E-state index in [1.807, 2.05) is 26.8 Å². The lowest BCUT2D eigenvalue weighted by Crippen LogP contribution is -2.51. The predicted octanol–water partition coefficient (Wildman–Crippen LogP) is 5.89. The Kier molecular flexibility index (Phi) is 8.06. The molecule has 1 saturated heterocycles. The Bertz CT molecular complexity index is 1450. The molecule has 42 heavy (non-hydrogen) atoms. The van der Waals surface area contributed by atoms with Crippen LogP contribution in [0.4, 0.5) is 29.3 Å². The molecule has 3 N–H and O–H groups in total. The smallest absolute Gasteiger partial charge is 0.407 e. The molecule has 1 aliphatic carbocycles. The summed E-state index contributed by atoms with van der Waals surface area (Å²) in [5.74, 6) is -2.53. The van der Waals surface area contributed by atoms with Crippen LogP contribution in [0, 0.1) is 23.4 Å². The summed E-state index contributed by atoms with van der Waals surface area (Å²) in [5.41, 5.74) is -0.783. The molecule has 3 aromatic rings. The van der Waals surface area contributed by atoms with Gasteiger partial charge in [-0.1, -0.05) is 6.92 Å². The van der Waals surface area contributed by atoms with Crippen LogP contribution in [0.5, 0.6) is 0 Å². The Hall–Kier alpha value is -3.86. The van der Waals surface area contributed by atoms with Crippen LogP contribution in [0.1, 0.15) is 58.2 Å². The van der Waals surface area contributed by atoms with Gasteiger partial charge in [0.1, 0.15) is 28.7 Å². The largest absolute Gasteiger partial charge is 0.444 e. The molecule has 1 aromatic carbocycles. The van der Waals surface area contributed by atoms with Crippen molar-refractivity contribution < 1.29 is 27.8 Å². The molecule has 0 bridgehead atoms. The van der Waals surface area contributed by atoms with Crippen LogP contribution in [0.2, 0.25) is 0 Å². The van der Waals surface area contributed by atoms with Crippen LogP contribution in [0.25, 0.3) is 11.3 Å². The van der Waals surface area contributed by atoms with E-state index in [4.69, 9.17) is 4.74 Å². The number of anilines is 2. The quantitative estimate of drug-likeness (QED) is 0.319. The van der Waals surface area contributed by atoms with Gasteiger partial charge in [0.05, 0.1) is 41.0 Å². The van der Waals surface area contributed by atoms with Gasteiger partial charge in [-0.2, -0.15) is 0 Å². The first-order valence-corrected chi connectivity index (χ1v) is 14.1. The highest BCUT2D eigenvalue weighted by atomic mass is 19.1. The van der Waals surface area contributed by atoms with Crippen molar-refractivity contribution in [3.05, 3.63) is 71.4 Å². The number of rotatable bonds is 7. The number of hydrogen-bond acceptors (Lipinski definition) is 7. The average Bonchev–Trinajstić information content (AvgIpc) is 3.65. The van der Waals surface area contributed by atoms with E-state index in [1.165, 1.54) is 6.07 Å². The second-order valence-electron chi connectivity index (χ2n) is 12.3. The number of aliphatic hydroxyl groups is 1. The number of carbonyl (C=O) groups is 1. The number of piperidine rings is 1. The lowest BCUT2D eigenvalue weighted by atomic mass is 9.95. The van der Waals surface area contributed by atoms with Gasteiger partial charge in [0.2, 0.25) is 0 Å². The fraction of sp³-hybridized carbons (Fsp3) is 0.452. The van der Waals surface area contributed by atoms with Crippen LogP contribution in [0.3, 0.4) is 0 Å². The van der Waals surface area contributed by atoms with E-state index in [0.29, 0.717) is 30.8 Å². The summed E-state index contributed by atoms with van der Waals surface area (Å²) < 4.78 is 50.2. The van der Waals surface area contributed by atoms with Crippen LogP contribution < -0.4 is 15.5 Å².